The largest absolute Gasteiger partial charge is 0.442 e. The molecule has 2 N–H and O–H groups in total. The van der Waals surface area contributed by atoms with Crippen molar-refractivity contribution in [1.29, 1.82) is 0 Å². The first-order chi connectivity index (χ1) is 12.9. The highest BCUT2D eigenvalue weighted by molar-refractivity contribution is 6.33. The summed E-state index contributed by atoms with van der Waals surface area (Å²) in [5.74, 6) is -2.71. The Morgan fingerprint density at radius 1 is 1.07 bits per heavy atom. The first kappa shape index (κ1) is 19.9. The maximum Gasteiger partial charge on any atom is 0.442 e. The number of hydrogen-bond donors (Lipinski definition) is 2. The topological polar surface area (TPSA) is 66.4 Å². The summed E-state index contributed by atoms with van der Waals surface area (Å²) in [5, 5.41) is 3.02. The van der Waals surface area contributed by atoms with Crippen molar-refractivity contribution in [2.45, 2.75) is 18.0 Å². The Balaban J connectivity index is 2.05. The van der Waals surface area contributed by atoms with Gasteiger partial charge in [-0.1, -0.05) is 41.9 Å². The summed E-state index contributed by atoms with van der Waals surface area (Å²) in [4.78, 5) is 18.9. The summed E-state index contributed by atoms with van der Waals surface area (Å²) in [6.07, 6.45) is -9.74. The fourth-order valence-electron chi connectivity index (χ4n) is 2.38. The maximum absolute atomic E-state index is 13.8. The van der Waals surface area contributed by atoms with Gasteiger partial charge in [-0.15, -0.1) is 0 Å². The van der Waals surface area contributed by atoms with Gasteiger partial charge in [-0.25, -0.2) is 9.98 Å². The minimum Gasteiger partial charge on any atom is -0.329 e. The van der Waals surface area contributed by atoms with Crippen LogP contribution >= 0.6 is 11.6 Å². The third kappa shape index (κ3) is 3.49. The summed E-state index contributed by atoms with van der Waals surface area (Å²) >= 11 is 5.65. The Morgan fingerprint density at radius 3 is 2.25 bits per heavy atom. The van der Waals surface area contributed by atoms with E-state index in [2.05, 4.69) is 9.98 Å². The molecule has 3 rings (SSSR count). The second-order valence-corrected chi connectivity index (χ2v) is 6.07. The van der Waals surface area contributed by atoms with Crippen LogP contribution in [0.15, 0.2) is 47.6 Å². The molecular weight excluding hydrogens is 414 g/mol. The van der Waals surface area contributed by atoms with Crippen molar-refractivity contribution < 1.29 is 31.1 Å². The highest BCUT2D eigenvalue weighted by atomic mass is 35.5. The lowest BCUT2D eigenvalue weighted by Gasteiger charge is -2.28. The molecule has 1 amide bonds. The van der Waals surface area contributed by atoms with Gasteiger partial charge >= 0.3 is 18.0 Å². The van der Waals surface area contributed by atoms with Gasteiger partial charge < -0.3 is 10.6 Å². The van der Waals surface area contributed by atoms with Crippen LogP contribution in [0, 0.1) is 0 Å². The zero-order chi connectivity index (χ0) is 20.7. The van der Waals surface area contributed by atoms with E-state index < -0.39 is 40.3 Å². The number of nitrogens with zero attached hydrogens (tertiary/aromatic N) is 2. The van der Waals surface area contributed by atoms with Gasteiger partial charge in [0, 0.05) is 11.8 Å². The van der Waals surface area contributed by atoms with Gasteiger partial charge in [0.1, 0.15) is 11.7 Å². The van der Waals surface area contributed by atoms with Gasteiger partial charge in [0.2, 0.25) is 0 Å². The third-order valence-corrected chi connectivity index (χ3v) is 4.05. The van der Waals surface area contributed by atoms with Gasteiger partial charge in [-0.05, 0) is 6.07 Å². The molecule has 28 heavy (non-hydrogen) atoms. The molecule has 1 aromatic heterocycles. The van der Waals surface area contributed by atoms with E-state index in [0.29, 0.717) is 12.3 Å². The minimum absolute atomic E-state index is 0.204. The lowest BCUT2D eigenvalue weighted by molar-refractivity contribution is -0.181. The smallest absolute Gasteiger partial charge is 0.329 e. The van der Waals surface area contributed by atoms with Crippen molar-refractivity contribution in [3.63, 3.8) is 0 Å². The number of carbonyl (C=O) groups is 1. The summed E-state index contributed by atoms with van der Waals surface area (Å²) in [6.45, 7) is 0. The molecule has 0 aliphatic carbocycles. The van der Waals surface area contributed by atoms with Gasteiger partial charge in [0.25, 0.3) is 5.91 Å². The Labute approximate surface area is 158 Å². The Bertz CT molecular complexity index is 944. The van der Waals surface area contributed by atoms with Crippen molar-refractivity contribution in [2.75, 3.05) is 5.32 Å². The van der Waals surface area contributed by atoms with E-state index in [-0.39, 0.29) is 11.4 Å². The molecule has 0 unspecified atom stereocenters. The lowest BCUT2D eigenvalue weighted by Crippen LogP contribution is -2.57. The number of amidine groups is 1. The Morgan fingerprint density at radius 2 is 1.71 bits per heavy atom. The van der Waals surface area contributed by atoms with Crippen molar-refractivity contribution >= 4 is 29.2 Å². The van der Waals surface area contributed by atoms with Gasteiger partial charge in [-0.2, -0.15) is 26.3 Å². The van der Waals surface area contributed by atoms with Crippen LogP contribution in [-0.2, 0) is 11.0 Å². The van der Waals surface area contributed by atoms with Crippen LogP contribution in [0.4, 0.5) is 32.2 Å². The van der Waals surface area contributed by atoms with Crippen LogP contribution in [0.25, 0.3) is 0 Å². The molecule has 0 radical (unpaired) electrons. The van der Waals surface area contributed by atoms with E-state index >= 15 is 0 Å². The molecule has 148 valence electrons. The van der Waals surface area contributed by atoms with Gasteiger partial charge in [-0.3, -0.25) is 4.79 Å². The molecule has 0 bridgehead atoms. The molecule has 0 spiro atoms. The monoisotopic (exact) mass is 422 g/mol. The van der Waals surface area contributed by atoms with Crippen molar-refractivity contribution in [1.82, 2.24) is 10.3 Å². The molecule has 12 heteroatoms. The summed E-state index contributed by atoms with van der Waals surface area (Å²) in [5.41, 5.74) is -4.56. The van der Waals surface area contributed by atoms with Crippen molar-refractivity contribution in [3.8, 4) is 0 Å². The van der Waals surface area contributed by atoms with E-state index in [9.17, 15) is 31.1 Å². The van der Waals surface area contributed by atoms with Gasteiger partial charge in [0.05, 0.1) is 10.6 Å². The van der Waals surface area contributed by atoms with E-state index in [1.807, 2.05) is 5.32 Å². The van der Waals surface area contributed by atoms with Crippen LogP contribution in [0.1, 0.15) is 11.1 Å². The second-order valence-electron chi connectivity index (χ2n) is 5.67. The number of benzene rings is 1. The molecule has 1 aliphatic rings. The zero-order valence-corrected chi connectivity index (χ0v) is 14.2. The first-order valence-corrected chi connectivity index (χ1v) is 7.86. The van der Waals surface area contributed by atoms with Crippen LogP contribution < -0.4 is 10.6 Å². The van der Waals surface area contributed by atoms with Crippen LogP contribution in [0.2, 0.25) is 5.02 Å². The number of anilines is 1. The molecule has 0 saturated carbocycles. The summed E-state index contributed by atoms with van der Waals surface area (Å²) in [6, 6.07) is 7.92. The van der Waals surface area contributed by atoms with E-state index in [1.165, 1.54) is 24.3 Å². The number of aromatic nitrogens is 1. The standard InChI is InChI=1S/C16H9ClF6N4O/c17-10-6-9(15(18,19)20)7-24-12(10)27-14(16(21,22)23)13(28)25-11(26-14)8-4-2-1-3-5-8/h1-7H,(H,24,27)(H,25,26,28)/t14-/m1/s1. The Hall–Kier alpha value is -2.82. The van der Waals surface area contributed by atoms with Crippen LogP contribution in [-0.4, -0.2) is 28.6 Å². The molecule has 1 aromatic carbocycles. The molecule has 5 nitrogen and oxygen atoms in total. The highest BCUT2D eigenvalue weighted by Crippen LogP contribution is 2.40. The molecule has 0 fully saturated rings. The summed E-state index contributed by atoms with van der Waals surface area (Å²) < 4.78 is 79.3. The van der Waals surface area contributed by atoms with E-state index in [1.54, 1.807) is 11.4 Å². The molecular formula is C16H9ClF6N4O. The number of alkyl halides is 6. The second kappa shape index (κ2) is 6.66. The number of amides is 1. The fraction of sp³-hybridized carbons (Fsp3) is 0.188. The number of aliphatic imine (C=N–C) groups is 1. The molecule has 1 atom stereocenters. The number of hydrogen-bond acceptors (Lipinski definition) is 4. The average molecular weight is 423 g/mol. The number of pyridine rings is 1. The van der Waals surface area contributed by atoms with E-state index in [0.717, 1.165) is 0 Å². The highest BCUT2D eigenvalue weighted by Gasteiger charge is 2.64. The molecule has 0 saturated heterocycles. The van der Waals surface area contributed by atoms with Crippen LogP contribution in [0.5, 0.6) is 0 Å². The van der Waals surface area contributed by atoms with Crippen molar-refractivity contribution in [3.05, 3.63) is 58.7 Å². The van der Waals surface area contributed by atoms with E-state index in [4.69, 9.17) is 11.6 Å². The molecule has 1 aliphatic heterocycles. The lowest BCUT2D eigenvalue weighted by atomic mass is 10.1. The number of nitrogens with one attached hydrogen (secondary N) is 2. The SMILES string of the molecule is O=C1NC(c2ccccc2)=N[C@]1(Nc1ncc(C(F)(F)F)cc1Cl)C(F)(F)F. The quantitative estimate of drug-likeness (QED) is 0.735. The normalized spacial score (nSPS) is 20.0. The summed E-state index contributed by atoms with van der Waals surface area (Å²) in [7, 11) is 0. The first-order valence-electron chi connectivity index (χ1n) is 7.48. The number of halogens is 7. The Kier molecular flexibility index (Phi) is 4.74. The minimum atomic E-state index is -5.25. The predicted molar refractivity (Wildman–Crippen MR) is 87.8 cm³/mol. The van der Waals surface area contributed by atoms with Crippen LogP contribution in [0.3, 0.4) is 0 Å². The molecule has 2 heterocycles. The van der Waals surface area contributed by atoms with Crippen molar-refractivity contribution in [2.24, 2.45) is 4.99 Å². The zero-order valence-electron chi connectivity index (χ0n) is 13.5. The third-order valence-electron chi connectivity index (χ3n) is 3.77. The molecule has 2 aromatic rings. The number of carbonyl (C=O) groups excluding carboxylic acids is 1. The average Bonchev–Trinajstić information content (AvgIpc) is 2.94. The fourth-order valence-corrected chi connectivity index (χ4v) is 2.59. The predicted octanol–water partition coefficient (Wildman–Crippen LogP) is 4.00. The maximum atomic E-state index is 13.8. The number of rotatable bonds is 3. The van der Waals surface area contributed by atoms with Gasteiger partial charge in [0.15, 0.2) is 0 Å².